The van der Waals surface area contributed by atoms with Crippen molar-refractivity contribution in [3.8, 4) is 5.75 Å². The number of benzene rings is 2. The number of rotatable bonds is 7. The zero-order valence-electron chi connectivity index (χ0n) is 17.1. The van der Waals surface area contributed by atoms with Gasteiger partial charge in [-0.05, 0) is 55.8 Å². The first-order valence-corrected chi connectivity index (χ1v) is 10.2. The first-order chi connectivity index (χ1) is 14.7. The minimum Gasteiger partial charge on any atom is -0.497 e. The molecule has 156 valence electrons. The van der Waals surface area contributed by atoms with Crippen LogP contribution in [-0.4, -0.2) is 47.1 Å². The number of aromatic nitrogens is 2. The first kappa shape index (κ1) is 20.1. The summed E-state index contributed by atoms with van der Waals surface area (Å²) in [6.45, 7) is 2.49. The number of hydrogen-bond donors (Lipinski definition) is 1. The highest BCUT2D eigenvalue weighted by Crippen LogP contribution is 2.26. The minimum absolute atomic E-state index is 0.0306. The molecular formula is C23H26N4O3. The Bertz CT molecular complexity index is 1070. The number of methoxy groups -OCH3 is 1. The van der Waals surface area contributed by atoms with Gasteiger partial charge in [0, 0.05) is 6.54 Å². The second kappa shape index (κ2) is 9.09. The van der Waals surface area contributed by atoms with E-state index in [0.717, 1.165) is 24.4 Å². The van der Waals surface area contributed by atoms with E-state index in [1.54, 1.807) is 13.2 Å². The number of carbonyl (C=O) groups excluding carboxylic acids is 1. The maximum atomic E-state index is 12.7. The largest absolute Gasteiger partial charge is 0.497 e. The van der Waals surface area contributed by atoms with Gasteiger partial charge < -0.3 is 10.1 Å². The molecule has 1 amide bonds. The summed E-state index contributed by atoms with van der Waals surface area (Å²) in [6.07, 6.45) is 3.60. The molecular weight excluding hydrogens is 380 g/mol. The second-order valence-electron chi connectivity index (χ2n) is 7.51. The summed E-state index contributed by atoms with van der Waals surface area (Å²) in [5, 5.41) is 3.04. The normalized spacial score (nSPS) is 15.2. The quantitative estimate of drug-likeness (QED) is 0.652. The summed E-state index contributed by atoms with van der Waals surface area (Å²) in [4.78, 5) is 31.6. The predicted molar refractivity (Wildman–Crippen MR) is 116 cm³/mol. The van der Waals surface area contributed by atoms with Gasteiger partial charge in [-0.15, -0.1) is 0 Å². The standard InChI is InChI=1S/C23H26N4O3/c1-30-18-10-8-17(9-11-18)21(26-12-4-5-13-26)14-25-22(28)16-27-20-7-3-2-6-19(20)24-15-23(27)29/h2-3,6-11,15,21H,4-5,12-14,16H2,1H3,(H,25,28)/t21-/m1/s1. The van der Waals surface area contributed by atoms with Gasteiger partial charge in [-0.2, -0.15) is 0 Å². The summed E-state index contributed by atoms with van der Waals surface area (Å²) in [5.41, 5.74) is 2.21. The number of amides is 1. The molecule has 4 rings (SSSR count). The van der Waals surface area contributed by atoms with Crippen molar-refractivity contribution in [1.82, 2.24) is 19.8 Å². The highest BCUT2D eigenvalue weighted by atomic mass is 16.5. The summed E-state index contributed by atoms with van der Waals surface area (Å²) in [5.74, 6) is 0.623. The van der Waals surface area contributed by atoms with Gasteiger partial charge in [-0.25, -0.2) is 4.98 Å². The molecule has 1 atom stereocenters. The molecule has 0 unspecified atom stereocenters. The van der Waals surface area contributed by atoms with E-state index >= 15 is 0 Å². The highest BCUT2D eigenvalue weighted by molar-refractivity contribution is 5.80. The van der Waals surface area contributed by atoms with Crippen LogP contribution in [0, 0.1) is 0 Å². The van der Waals surface area contributed by atoms with E-state index in [0.29, 0.717) is 17.6 Å². The van der Waals surface area contributed by atoms with Crippen LogP contribution in [-0.2, 0) is 11.3 Å². The monoisotopic (exact) mass is 406 g/mol. The van der Waals surface area contributed by atoms with Crippen LogP contribution in [0.2, 0.25) is 0 Å². The molecule has 0 spiro atoms. The summed E-state index contributed by atoms with van der Waals surface area (Å²) in [6, 6.07) is 15.4. The molecule has 3 aromatic rings. The van der Waals surface area contributed by atoms with Gasteiger partial charge in [-0.1, -0.05) is 24.3 Å². The van der Waals surface area contributed by atoms with Gasteiger partial charge in [-0.3, -0.25) is 19.1 Å². The number of hydrogen-bond acceptors (Lipinski definition) is 5. The third kappa shape index (κ3) is 4.36. The molecule has 0 saturated carbocycles. The molecule has 0 aliphatic carbocycles. The molecule has 2 aromatic carbocycles. The van der Waals surface area contributed by atoms with Gasteiger partial charge in [0.05, 0.1) is 30.4 Å². The lowest BCUT2D eigenvalue weighted by Gasteiger charge is -2.28. The molecule has 30 heavy (non-hydrogen) atoms. The third-order valence-electron chi connectivity index (χ3n) is 5.63. The van der Waals surface area contributed by atoms with Gasteiger partial charge >= 0.3 is 0 Å². The Morgan fingerprint density at radius 2 is 1.87 bits per heavy atom. The van der Waals surface area contributed by atoms with E-state index in [2.05, 4.69) is 27.3 Å². The molecule has 7 nitrogen and oxygen atoms in total. The van der Waals surface area contributed by atoms with E-state index in [4.69, 9.17) is 4.74 Å². The lowest BCUT2D eigenvalue weighted by atomic mass is 10.1. The summed E-state index contributed by atoms with van der Waals surface area (Å²) < 4.78 is 6.73. The topological polar surface area (TPSA) is 76.5 Å². The van der Waals surface area contributed by atoms with Crippen molar-refractivity contribution in [2.24, 2.45) is 0 Å². The van der Waals surface area contributed by atoms with Crippen molar-refractivity contribution in [3.05, 3.63) is 70.6 Å². The van der Waals surface area contributed by atoms with E-state index in [1.807, 2.05) is 30.3 Å². The first-order valence-electron chi connectivity index (χ1n) is 10.2. The number of fused-ring (bicyclic) bond motifs is 1. The van der Waals surface area contributed by atoms with Crippen LogP contribution in [0.3, 0.4) is 0 Å². The number of likely N-dealkylation sites (tertiary alicyclic amines) is 1. The van der Waals surface area contributed by atoms with Gasteiger partial charge in [0.25, 0.3) is 5.56 Å². The average molecular weight is 406 g/mol. The predicted octanol–water partition coefficient (Wildman–Crippen LogP) is 2.36. The lowest BCUT2D eigenvalue weighted by molar-refractivity contribution is -0.121. The smallest absolute Gasteiger partial charge is 0.269 e. The Hall–Kier alpha value is -3.19. The SMILES string of the molecule is COc1ccc([C@@H](CNC(=O)Cn2c(=O)cnc3ccccc32)N2CCCC2)cc1. The van der Waals surface area contributed by atoms with Gasteiger partial charge in [0.15, 0.2) is 0 Å². The van der Waals surface area contributed by atoms with E-state index in [1.165, 1.54) is 23.6 Å². The number of nitrogens with zero attached hydrogens (tertiary/aromatic N) is 3. The van der Waals surface area contributed by atoms with Crippen LogP contribution in [0.4, 0.5) is 0 Å². The average Bonchev–Trinajstić information content (AvgIpc) is 3.31. The van der Waals surface area contributed by atoms with Crippen molar-refractivity contribution in [1.29, 1.82) is 0 Å². The molecule has 1 N–H and O–H groups in total. The van der Waals surface area contributed by atoms with Crippen LogP contribution in [0.15, 0.2) is 59.5 Å². The van der Waals surface area contributed by atoms with Crippen molar-refractivity contribution >= 4 is 16.9 Å². The van der Waals surface area contributed by atoms with Crippen LogP contribution in [0.5, 0.6) is 5.75 Å². The zero-order chi connectivity index (χ0) is 20.9. The fourth-order valence-corrected chi connectivity index (χ4v) is 4.02. The molecule has 1 saturated heterocycles. The number of nitrogens with one attached hydrogen (secondary N) is 1. The molecule has 0 bridgehead atoms. The summed E-state index contributed by atoms with van der Waals surface area (Å²) >= 11 is 0. The van der Waals surface area contributed by atoms with Gasteiger partial charge in [0.1, 0.15) is 12.3 Å². The zero-order valence-corrected chi connectivity index (χ0v) is 17.1. The minimum atomic E-state index is -0.282. The van der Waals surface area contributed by atoms with Crippen molar-refractivity contribution < 1.29 is 9.53 Å². The van der Waals surface area contributed by atoms with Crippen molar-refractivity contribution in [2.45, 2.75) is 25.4 Å². The molecule has 7 heteroatoms. The van der Waals surface area contributed by atoms with E-state index in [-0.39, 0.29) is 24.1 Å². The fourth-order valence-electron chi connectivity index (χ4n) is 4.02. The van der Waals surface area contributed by atoms with Crippen LogP contribution < -0.4 is 15.6 Å². The molecule has 1 fully saturated rings. The fraction of sp³-hybridized carbons (Fsp3) is 0.348. The molecule has 0 radical (unpaired) electrons. The number of carbonyl (C=O) groups is 1. The van der Waals surface area contributed by atoms with Crippen LogP contribution in [0.25, 0.3) is 11.0 Å². The van der Waals surface area contributed by atoms with Crippen molar-refractivity contribution in [2.75, 3.05) is 26.7 Å². The Morgan fingerprint density at radius 3 is 2.60 bits per heavy atom. The highest BCUT2D eigenvalue weighted by Gasteiger charge is 2.24. The van der Waals surface area contributed by atoms with E-state index in [9.17, 15) is 9.59 Å². The molecule has 1 aromatic heterocycles. The number of ether oxygens (including phenoxy) is 1. The Kier molecular flexibility index (Phi) is 6.09. The molecule has 1 aliphatic rings. The van der Waals surface area contributed by atoms with Crippen molar-refractivity contribution in [3.63, 3.8) is 0 Å². The van der Waals surface area contributed by atoms with Crippen LogP contribution in [0.1, 0.15) is 24.4 Å². The second-order valence-corrected chi connectivity index (χ2v) is 7.51. The Balaban J connectivity index is 1.49. The van der Waals surface area contributed by atoms with E-state index < -0.39 is 0 Å². The molecule has 2 heterocycles. The lowest BCUT2D eigenvalue weighted by Crippen LogP contribution is -2.39. The maximum Gasteiger partial charge on any atom is 0.269 e. The Morgan fingerprint density at radius 1 is 1.13 bits per heavy atom. The van der Waals surface area contributed by atoms with Gasteiger partial charge in [0.2, 0.25) is 5.91 Å². The Labute approximate surface area is 175 Å². The maximum absolute atomic E-state index is 12.7. The summed E-state index contributed by atoms with van der Waals surface area (Å²) in [7, 11) is 1.65. The molecule has 1 aliphatic heterocycles. The third-order valence-corrected chi connectivity index (χ3v) is 5.63. The number of para-hydroxylation sites is 2. The van der Waals surface area contributed by atoms with Crippen LogP contribution >= 0.6 is 0 Å².